The summed E-state index contributed by atoms with van der Waals surface area (Å²) in [4.78, 5) is 0.200. The van der Waals surface area contributed by atoms with Gasteiger partial charge in [0.2, 0.25) is 0 Å². The molecule has 16 heteroatoms. The van der Waals surface area contributed by atoms with Gasteiger partial charge in [0.15, 0.2) is 32.8 Å². The third kappa shape index (κ3) is 15.8. The molecular weight excluding hydrogens is 1160 g/mol. The van der Waals surface area contributed by atoms with Crippen LogP contribution >= 0.6 is 22.6 Å². The molecule has 7 rings (SSSR count). The third-order valence-electron chi connectivity index (χ3n) is 20.2. The highest BCUT2D eigenvalue weighted by atomic mass is 127. The molecule has 1 N–H and O–H groups in total. The molecule has 450 valence electrons. The number of hydrogen-bond acceptors (Lipinski definition) is 12. The van der Waals surface area contributed by atoms with E-state index in [1.54, 1.807) is 24.3 Å². The molecule has 0 amide bonds. The predicted octanol–water partition coefficient (Wildman–Crippen LogP) is 14.1. The lowest BCUT2D eigenvalue weighted by Crippen LogP contribution is -2.64. The average Bonchev–Trinajstić information content (AvgIpc) is 4.34. The SMILES string of the molecule is C=C1C[C@H](CCC2OCCO2)O[C@H]1CC[C@H]1C[C@@H](C)C(=C)[C@@H](C[C@@H]2O[C@H](C[C@H](C)CC)[C@H](C)[C@H]2C(C(O)C[C@H]2CC[C@@H]3O[C@H]([C@@H](/C=C/I)O[Si](C)(C)C(C)(C)C)[C@@H](O[Si](C)(C)C(C)(C)C)[C@@H](C)[C@H]3O2)S(=O)(=O)c2ccccc2)O1. The number of rotatable bonds is 23. The van der Waals surface area contributed by atoms with Crippen molar-refractivity contribution < 1.29 is 55.5 Å². The summed E-state index contributed by atoms with van der Waals surface area (Å²) >= 11 is 2.29. The van der Waals surface area contributed by atoms with Crippen molar-refractivity contribution in [3.8, 4) is 0 Å². The summed E-state index contributed by atoms with van der Waals surface area (Å²) in [5.74, 6) is -0.260. The maximum atomic E-state index is 15.6. The van der Waals surface area contributed by atoms with Crippen molar-refractivity contribution in [2.45, 2.75) is 285 Å². The van der Waals surface area contributed by atoms with Gasteiger partial charge in [-0.15, -0.1) is 0 Å². The van der Waals surface area contributed by atoms with Crippen LogP contribution in [0.5, 0.6) is 0 Å². The molecule has 1 aromatic carbocycles. The molecule has 0 spiro atoms. The van der Waals surface area contributed by atoms with E-state index < -0.39 is 56.0 Å². The number of fused-ring (bicyclic) bond motifs is 1. The lowest BCUT2D eigenvalue weighted by molar-refractivity contribution is -0.253. The molecule has 12 nitrogen and oxygen atoms in total. The predicted molar refractivity (Wildman–Crippen MR) is 329 cm³/mol. The molecular formula is C63H105IO12SSi2. The molecule has 1 aromatic rings. The van der Waals surface area contributed by atoms with Crippen LogP contribution in [0.3, 0.4) is 0 Å². The Kier molecular flexibility index (Phi) is 22.7. The van der Waals surface area contributed by atoms with Gasteiger partial charge >= 0.3 is 0 Å². The van der Waals surface area contributed by atoms with Crippen LogP contribution in [0.1, 0.15) is 153 Å². The number of aliphatic hydroxyl groups is 1. The van der Waals surface area contributed by atoms with Gasteiger partial charge in [-0.1, -0.05) is 137 Å². The van der Waals surface area contributed by atoms with E-state index in [1.165, 1.54) is 0 Å². The van der Waals surface area contributed by atoms with Crippen molar-refractivity contribution in [3.63, 3.8) is 0 Å². The minimum Gasteiger partial charge on any atom is -0.411 e. The number of ether oxygens (including phenoxy) is 7. The van der Waals surface area contributed by atoms with Gasteiger partial charge in [-0.3, -0.25) is 0 Å². The van der Waals surface area contributed by atoms with Crippen molar-refractivity contribution in [3.05, 3.63) is 64.8 Å². The van der Waals surface area contributed by atoms with Crippen LogP contribution in [0.4, 0.5) is 0 Å². The Morgan fingerprint density at radius 1 is 0.797 bits per heavy atom. The van der Waals surface area contributed by atoms with E-state index in [9.17, 15) is 5.11 Å². The Labute approximate surface area is 494 Å². The summed E-state index contributed by atoms with van der Waals surface area (Å²) < 4.78 is 94.5. The first-order chi connectivity index (χ1) is 37.0. The molecule has 0 aliphatic carbocycles. The van der Waals surface area contributed by atoms with E-state index >= 15 is 8.42 Å². The van der Waals surface area contributed by atoms with Gasteiger partial charge in [-0.25, -0.2) is 8.42 Å². The molecule has 2 unspecified atom stereocenters. The molecule has 0 radical (unpaired) electrons. The van der Waals surface area contributed by atoms with Crippen molar-refractivity contribution in [2.24, 2.45) is 29.6 Å². The zero-order chi connectivity index (χ0) is 58.0. The monoisotopic (exact) mass is 1270 g/mol. The summed E-state index contributed by atoms with van der Waals surface area (Å²) in [5, 5.41) is 11.8. The highest BCUT2D eigenvalue weighted by Crippen LogP contribution is 2.49. The standard InChI is InChI=1S/C63H105IO12SSi2/c1-18-39(2)34-53-43(6)57(55(73-53)38-54-42(5)40(3)35-45(71-54)24-27-50-41(4)36-46(70-50)26-29-56-68-32-33-69-56)61(77(66,67)48-22-20-19-21-23-48)49(65)37-47-25-28-51-58(72-47)44(7)59(76-79(16,17)63(11,12)13)60(74-51)52(30-31-64)75-78(14,15)62(8,9)10/h19-23,30-31,39-40,43-47,49-61,65H,4-5,18,24-29,32-38H2,1-3,6-17H3/b31-30+/t39-,40-,43+,44+,45+,46+,47-,49?,50+,51+,52-,53-,54-,55+,57-,58-,59+,60-,61?/m1/s1. The van der Waals surface area contributed by atoms with Crippen molar-refractivity contribution in [2.75, 3.05) is 13.2 Å². The maximum absolute atomic E-state index is 15.6. The summed E-state index contributed by atoms with van der Waals surface area (Å²) in [6.07, 6.45) is 6.35. The number of benzene rings is 1. The molecule has 6 aliphatic heterocycles. The Morgan fingerprint density at radius 3 is 2.08 bits per heavy atom. The normalized spacial score (nSPS) is 35.2. The fraction of sp³-hybridized carbons (Fsp3) is 0.810. The molecule has 0 aromatic heterocycles. The van der Waals surface area contributed by atoms with Crippen molar-refractivity contribution >= 4 is 49.1 Å². The Balaban J connectivity index is 1.13. The first kappa shape index (κ1) is 65.7. The Morgan fingerprint density at radius 2 is 1.44 bits per heavy atom. The van der Waals surface area contributed by atoms with Gasteiger partial charge in [0.25, 0.3) is 0 Å². The largest absolute Gasteiger partial charge is 0.411 e. The van der Waals surface area contributed by atoms with E-state index in [-0.39, 0.29) is 106 Å². The average molecular weight is 1270 g/mol. The van der Waals surface area contributed by atoms with E-state index in [4.69, 9.17) is 42.0 Å². The fourth-order valence-electron chi connectivity index (χ4n) is 12.9. The van der Waals surface area contributed by atoms with Crippen LogP contribution in [0.15, 0.2) is 69.7 Å². The van der Waals surface area contributed by atoms with Gasteiger partial charge in [0.1, 0.15) is 6.10 Å². The van der Waals surface area contributed by atoms with E-state index in [0.717, 1.165) is 62.5 Å². The smallest absolute Gasteiger partial charge is 0.193 e. The highest BCUT2D eigenvalue weighted by molar-refractivity contribution is 14.1. The van der Waals surface area contributed by atoms with Crippen LogP contribution in [0, 0.1) is 29.6 Å². The third-order valence-corrected chi connectivity index (χ3v) is 31.8. The van der Waals surface area contributed by atoms with Crippen molar-refractivity contribution in [1.82, 2.24) is 0 Å². The topological polar surface area (TPSA) is 137 Å². The molecule has 6 aliphatic rings. The van der Waals surface area contributed by atoms with Crippen LogP contribution in [0.2, 0.25) is 36.3 Å². The summed E-state index contributed by atoms with van der Waals surface area (Å²) in [5.41, 5.74) is 2.14. The molecule has 6 heterocycles. The van der Waals surface area contributed by atoms with Gasteiger partial charge in [0.05, 0.1) is 96.6 Å². The number of hydrogen-bond donors (Lipinski definition) is 1. The summed E-state index contributed by atoms with van der Waals surface area (Å²) in [6, 6.07) is 8.70. The Hall–Kier alpha value is -0.846. The van der Waals surface area contributed by atoms with Crippen LogP contribution in [-0.4, -0.2) is 134 Å². The summed E-state index contributed by atoms with van der Waals surface area (Å²) in [6.45, 7) is 44.1. The molecule has 6 saturated heterocycles. The molecule has 0 bridgehead atoms. The van der Waals surface area contributed by atoms with Gasteiger partial charge in [-0.2, -0.15) is 0 Å². The quantitative estimate of drug-likeness (QED) is 0.0634. The zero-order valence-electron chi connectivity index (χ0n) is 51.1. The summed E-state index contributed by atoms with van der Waals surface area (Å²) in [7, 11) is -8.75. The van der Waals surface area contributed by atoms with Crippen LogP contribution in [-0.2, 0) is 51.8 Å². The molecule has 0 saturated carbocycles. The van der Waals surface area contributed by atoms with Gasteiger partial charge < -0.3 is 47.1 Å². The second-order valence-corrected chi connectivity index (χ2v) is 40.3. The number of halogens is 1. The first-order valence-corrected chi connectivity index (χ1v) is 39.0. The first-order valence-electron chi connectivity index (χ1n) is 30.4. The van der Waals surface area contributed by atoms with Crippen molar-refractivity contribution in [1.29, 1.82) is 0 Å². The van der Waals surface area contributed by atoms with Crippen LogP contribution < -0.4 is 0 Å². The molecule has 79 heavy (non-hydrogen) atoms. The second kappa shape index (κ2) is 27.2. The molecule has 19 atom stereocenters. The minimum absolute atomic E-state index is 0.0119. The fourth-order valence-corrected chi connectivity index (χ4v) is 18.2. The lowest BCUT2D eigenvalue weighted by atomic mass is 9.77. The van der Waals surface area contributed by atoms with Crippen LogP contribution in [0.25, 0.3) is 0 Å². The molecule has 6 fully saturated rings. The maximum Gasteiger partial charge on any atom is 0.193 e. The highest BCUT2D eigenvalue weighted by Gasteiger charge is 2.57. The van der Waals surface area contributed by atoms with E-state index in [1.807, 2.05) is 10.1 Å². The number of aliphatic hydroxyl groups excluding tert-OH is 1. The van der Waals surface area contributed by atoms with Gasteiger partial charge in [0, 0.05) is 31.1 Å². The number of sulfone groups is 1. The minimum atomic E-state index is -4.14. The second-order valence-electron chi connectivity index (χ2n) is 28.0. The lowest BCUT2D eigenvalue weighted by Gasteiger charge is -2.54. The zero-order valence-corrected chi connectivity index (χ0v) is 56.1. The van der Waals surface area contributed by atoms with E-state index in [0.29, 0.717) is 38.4 Å². The van der Waals surface area contributed by atoms with E-state index in [2.05, 4.69) is 144 Å². The van der Waals surface area contributed by atoms with Gasteiger partial charge in [-0.05, 0) is 139 Å². The Bertz CT molecular complexity index is 2280.